The van der Waals surface area contributed by atoms with Crippen LogP contribution in [-0.4, -0.2) is 13.0 Å². The van der Waals surface area contributed by atoms with Gasteiger partial charge < -0.3 is 10.1 Å². The number of anilines is 1. The van der Waals surface area contributed by atoms with Crippen LogP contribution < -0.4 is 10.1 Å². The Morgan fingerprint density at radius 2 is 2.00 bits per heavy atom. The summed E-state index contributed by atoms with van der Waals surface area (Å²) >= 11 is 9.34. The van der Waals surface area contributed by atoms with Crippen molar-refractivity contribution in [1.29, 1.82) is 0 Å². The molecule has 0 atom stereocenters. The van der Waals surface area contributed by atoms with Crippen molar-refractivity contribution in [1.82, 2.24) is 0 Å². The highest BCUT2D eigenvalue weighted by molar-refractivity contribution is 9.10. The van der Waals surface area contributed by atoms with Gasteiger partial charge in [0.1, 0.15) is 5.75 Å². The molecule has 0 saturated carbocycles. The van der Waals surface area contributed by atoms with Crippen molar-refractivity contribution in [2.75, 3.05) is 12.4 Å². The van der Waals surface area contributed by atoms with Crippen LogP contribution in [-0.2, 0) is 0 Å². The summed E-state index contributed by atoms with van der Waals surface area (Å²) in [6, 6.07) is 12.3. The Hall–Kier alpha value is -1.52. The van der Waals surface area contributed by atoms with Gasteiger partial charge in [0.05, 0.1) is 23.4 Å². The maximum absolute atomic E-state index is 12.1. The predicted molar refractivity (Wildman–Crippen MR) is 80.1 cm³/mol. The molecule has 98 valence electrons. The monoisotopic (exact) mass is 339 g/mol. The van der Waals surface area contributed by atoms with E-state index in [0.717, 1.165) is 4.47 Å². The van der Waals surface area contributed by atoms with Crippen molar-refractivity contribution in [3.63, 3.8) is 0 Å². The van der Waals surface area contributed by atoms with Crippen molar-refractivity contribution < 1.29 is 9.53 Å². The Balaban J connectivity index is 2.29. The molecule has 3 nitrogen and oxygen atoms in total. The number of amides is 1. The smallest absolute Gasteiger partial charge is 0.257 e. The summed E-state index contributed by atoms with van der Waals surface area (Å²) in [5.41, 5.74) is 1.01. The minimum absolute atomic E-state index is 0.276. The average molecular weight is 341 g/mol. The molecule has 1 N–H and O–H groups in total. The Morgan fingerprint density at radius 1 is 1.26 bits per heavy atom. The number of carbonyl (C=O) groups excluding carboxylic acids is 1. The number of ether oxygens (including phenoxy) is 1. The minimum Gasteiger partial charge on any atom is -0.495 e. The van der Waals surface area contributed by atoms with Gasteiger partial charge in [0.2, 0.25) is 0 Å². The highest BCUT2D eigenvalue weighted by atomic mass is 79.9. The first-order valence-electron chi connectivity index (χ1n) is 5.51. The van der Waals surface area contributed by atoms with E-state index in [1.54, 1.807) is 43.5 Å². The molecule has 0 heterocycles. The van der Waals surface area contributed by atoms with Crippen LogP contribution in [0.3, 0.4) is 0 Å². The van der Waals surface area contributed by atoms with E-state index in [1.165, 1.54) is 0 Å². The lowest BCUT2D eigenvalue weighted by Crippen LogP contribution is -2.13. The third-order valence-corrected chi connectivity index (χ3v) is 3.35. The Morgan fingerprint density at radius 3 is 2.68 bits per heavy atom. The molecule has 0 spiro atoms. The van der Waals surface area contributed by atoms with Gasteiger partial charge in [0.15, 0.2) is 0 Å². The van der Waals surface area contributed by atoms with Gasteiger partial charge >= 0.3 is 0 Å². The molecule has 0 unspecified atom stereocenters. The molecule has 0 aromatic heterocycles. The molecule has 2 aromatic carbocycles. The second-order valence-electron chi connectivity index (χ2n) is 3.78. The number of nitrogens with one attached hydrogen (secondary N) is 1. The molecule has 1 amide bonds. The van der Waals surface area contributed by atoms with E-state index < -0.39 is 0 Å². The molecule has 5 heteroatoms. The fourth-order valence-corrected chi connectivity index (χ4v) is 2.20. The van der Waals surface area contributed by atoms with Crippen LogP contribution >= 0.6 is 27.5 Å². The lowest BCUT2D eigenvalue weighted by Gasteiger charge is -2.11. The van der Waals surface area contributed by atoms with Gasteiger partial charge in [0.25, 0.3) is 5.91 Å². The van der Waals surface area contributed by atoms with Crippen LogP contribution in [0.4, 0.5) is 5.69 Å². The first-order chi connectivity index (χ1) is 9.11. The number of hydrogen-bond acceptors (Lipinski definition) is 2. The largest absolute Gasteiger partial charge is 0.495 e. The first kappa shape index (κ1) is 13.9. The van der Waals surface area contributed by atoms with E-state index in [-0.39, 0.29) is 5.91 Å². The zero-order chi connectivity index (χ0) is 13.8. The lowest BCUT2D eigenvalue weighted by atomic mass is 10.2. The van der Waals surface area contributed by atoms with Gasteiger partial charge in [-0.05, 0) is 30.3 Å². The summed E-state index contributed by atoms with van der Waals surface area (Å²) in [5.74, 6) is 0.311. The molecular formula is C14H11BrClNO2. The fraction of sp³-hybridized carbons (Fsp3) is 0.0714. The summed E-state index contributed by atoms with van der Waals surface area (Å²) in [5, 5.41) is 3.19. The zero-order valence-corrected chi connectivity index (χ0v) is 12.5. The molecular weight excluding hydrogens is 330 g/mol. The van der Waals surface area contributed by atoms with Gasteiger partial charge in [-0.2, -0.15) is 0 Å². The standard InChI is InChI=1S/C14H11BrClNO2/c1-19-13-7-6-9(15)8-12(13)17-14(18)10-4-2-3-5-11(10)16/h2-8H,1H3,(H,17,18). The highest BCUT2D eigenvalue weighted by Gasteiger charge is 2.12. The van der Waals surface area contributed by atoms with Gasteiger partial charge in [-0.1, -0.05) is 39.7 Å². The molecule has 0 saturated heterocycles. The fourth-order valence-electron chi connectivity index (χ4n) is 1.61. The van der Waals surface area contributed by atoms with E-state index in [0.29, 0.717) is 22.0 Å². The SMILES string of the molecule is COc1ccc(Br)cc1NC(=O)c1ccccc1Cl. The molecule has 2 rings (SSSR count). The normalized spacial score (nSPS) is 10.1. The summed E-state index contributed by atoms with van der Waals surface area (Å²) in [6.45, 7) is 0. The number of rotatable bonds is 3. The third-order valence-electron chi connectivity index (χ3n) is 2.53. The van der Waals surface area contributed by atoms with Gasteiger partial charge in [0, 0.05) is 4.47 Å². The van der Waals surface area contributed by atoms with E-state index in [4.69, 9.17) is 16.3 Å². The van der Waals surface area contributed by atoms with Crippen molar-refractivity contribution in [3.05, 3.63) is 57.5 Å². The lowest BCUT2D eigenvalue weighted by molar-refractivity contribution is 0.102. The summed E-state index contributed by atoms with van der Waals surface area (Å²) in [4.78, 5) is 12.1. The van der Waals surface area contributed by atoms with E-state index in [9.17, 15) is 4.79 Å². The zero-order valence-electron chi connectivity index (χ0n) is 10.1. The third kappa shape index (κ3) is 3.28. The summed E-state index contributed by atoms with van der Waals surface area (Å²) in [7, 11) is 1.55. The summed E-state index contributed by atoms with van der Waals surface area (Å²) < 4.78 is 6.05. The Bertz CT molecular complexity index is 616. The van der Waals surface area contributed by atoms with Crippen molar-refractivity contribution in [3.8, 4) is 5.75 Å². The molecule has 19 heavy (non-hydrogen) atoms. The van der Waals surface area contributed by atoms with Crippen LogP contribution in [0.15, 0.2) is 46.9 Å². The molecule has 2 aromatic rings. The molecule has 0 radical (unpaired) electrons. The molecule has 0 aliphatic carbocycles. The van der Waals surface area contributed by atoms with Gasteiger partial charge in [-0.25, -0.2) is 0 Å². The summed E-state index contributed by atoms with van der Waals surface area (Å²) in [6.07, 6.45) is 0. The number of hydrogen-bond donors (Lipinski definition) is 1. The quantitative estimate of drug-likeness (QED) is 0.901. The molecule has 0 bridgehead atoms. The van der Waals surface area contributed by atoms with E-state index in [2.05, 4.69) is 21.2 Å². The average Bonchev–Trinajstić information content (AvgIpc) is 2.39. The van der Waals surface area contributed by atoms with Crippen molar-refractivity contribution in [2.24, 2.45) is 0 Å². The van der Waals surface area contributed by atoms with Crippen molar-refractivity contribution in [2.45, 2.75) is 0 Å². The topological polar surface area (TPSA) is 38.3 Å². The maximum atomic E-state index is 12.1. The van der Waals surface area contributed by atoms with Gasteiger partial charge in [-0.3, -0.25) is 4.79 Å². The van der Waals surface area contributed by atoms with Crippen LogP contribution in [0.1, 0.15) is 10.4 Å². The van der Waals surface area contributed by atoms with Gasteiger partial charge in [-0.15, -0.1) is 0 Å². The van der Waals surface area contributed by atoms with Crippen LogP contribution in [0.25, 0.3) is 0 Å². The van der Waals surface area contributed by atoms with Crippen LogP contribution in [0.5, 0.6) is 5.75 Å². The number of benzene rings is 2. The van der Waals surface area contributed by atoms with Crippen LogP contribution in [0, 0.1) is 0 Å². The van der Waals surface area contributed by atoms with Crippen LogP contribution in [0.2, 0.25) is 5.02 Å². The number of halogens is 2. The van der Waals surface area contributed by atoms with Crippen molar-refractivity contribution >= 4 is 39.1 Å². The van der Waals surface area contributed by atoms with E-state index >= 15 is 0 Å². The highest BCUT2D eigenvalue weighted by Crippen LogP contribution is 2.28. The minimum atomic E-state index is -0.276. The molecule has 0 aliphatic heterocycles. The molecule has 0 fully saturated rings. The molecule has 0 aliphatic rings. The predicted octanol–water partition coefficient (Wildman–Crippen LogP) is 4.36. The Labute approximate surface area is 124 Å². The Kier molecular flexibility index (Phi) is 4.45. The number of methoxy groups -OCH3 is 1. The first-order valence-corrected chi connectivity index (χ1v) is 6.68. The second-order valence-corrected chi connectivity index (χ2v) is 5.10. The van der Waals surface area contributed by atoms with E-state index in [1.807, 2.05) is 6.07 Å². The second kappa shape index (κ2) is 6.08. The number of carbonyl (C=O) groups is 1. The maximum Gasteiger partial charge on any atom is 0.257 e.